The molecule has 120 valence electrons. The molecule has 0 aliphatic carbocycles. The van der Waals surface area contributed by atoms with E-state index in [0.717, 1.165) is 23.5 Å². The lowest BCUT2D eigenvalue weighted by Gasteiger charge is -2.31. The zero-order valence-electron chi connectivity index (χ0n) is 12.6. The highest BCUT2D eigenvalue weighted by atomic mass is 32.2. The summed E-state index contributed by atoms with van der Waals surface area (Å²) in [5.41, 5.74) is 1.48. The van der Waals surface area contributed by atoms with Crippen LogP contribution in [0.15, 0.2) is 59.5 Å². The van der Waals surface area contributed by atoms with Crippen molar-refractivity contribution >= 4 is 17.7 Å². The lowest BCUT2D eigenvalue weighted by atomic mass is 10.1. The van der Waals surface area contributed by atoms with Crippen LogP contribution >= 0.6 is 11.8 Å². The van der Waals surface area contributed by atoms with Crippen molar-refractivity contribution < 1.29 is 14.6 Å². The Morgan fingerprint density at radius 1 is 1.17 bits per heavy atom. The van der Waals surface area contributed by atoms with Gasteiger partial charge < -0.3 is 15.2 Å². The van der Waals surface area contributed by atoms with E-state index in [0.29, 0.717) is 12.2 Å². The van der Waals surface area contributed by atoms with Crippen LogP contribution in [0, 0.1) is 0 Å². The Hall–Kier alpha value is -1.82. The monoisotopic (exact) mass is 329 g/mol. The minimum atomic E-state index is -0.900. The Morgan fingerprint density at radius 3 is 2.61 bits per heavy atom. The molecular formula is C18H19NO3S. The largest absolute Gasteiger partial charge is 0.478 e. The molecule has 1 saturated heterocycles. The summed E-state index contributed by atoms with van der Waals surface area (Å²) in [4.78, 5) is 12.2. The summed E-state index contributed by atoms with van der Waals surface area (Å²) >= 11 is 1.56. The zero-order valence-corrected chi connectivity index (χ0v) is 13.5. The summed E-state index contributed by atoms with van der Waals surface area (Å²) in [5, 5.41) is 12.8. The molecule has 0 radical (unpaired) electrons. The van der Waals surface area contributed by atoms with Gasteiger partial charge in [-0.25, -0.2) is 4.79 Å². The number of thioether (sulfide) groups is 1. The number of carboxylic acid groups (broad SMARTS) is 1. The van der Waals surface area contributed by atoms with Crippen LogP contribution in [-0.4, -0.2) is 36.9 Å². The summed E-state index contributed by atoms with van der Waals surface area (Å²) in [5.74, 6) is -0.900. The van der Waals surface area contributed by atoms with Crippen molar-refractivity contribution in [1.29, 1.82) is 0 Å². The van der Waals surface area contributed by atoms with E-state index in [-0.39, 0.29) is 11.4 Å². The Bertz CT molecular complexity index is 656. The van der Waals surface area contributed by atoms with Crippen molar-refractivity contribution in [1.82, 2.24) is 5.32 Å². The molecule has 0 amide bonds. The third-order valence-electron chi connectivity index (χ3n) is 3.79. The van der Waals surface area contributed by atoms with E-state index < -0.39 is 5.97 Å². The summed E-state index contributed by atoms with van der Waals surface area (Å²) in [7, 11) is 0. The number of carbonyl (C=O) groups is 1. The molecule has 0 bridgehead atoms. The van der Waals surface area contributed by atoms with Crippen LogP contribution in [0.25, 0.3) is 0 Å². The third-order valence-corrected chi connectivity index (χ3v) is 5.23. The fourth-order valence-electron chi connectivity index (χ4n) is 2.66. The molecule has 1 heterocycles. The standard InChI is InChI=1S/C18H19NO3S/c20-18(21)14-8-4-5-9-16(14)23-17(13-6-2-1-3-7-13)15-12-19-10-11-22-15/h1-9,15,17,19H,10-12H2,(H,20,21)/t15?,17-/m0/s1. The number of rotatable bonds is 5. The molecule has 0 saturated carbocycles. The van der Waals surface area contributed by atoms with Crippen LogP contribution in [0.2, 0.25) is 0 Å². The Kier molecular flexibility index (Phi) is 5.33. The van der Waals surface area contributed by atoms with E-state index in [1.807, 2.05) is 30.3 Å². The van der Waals surface area contributed by atoms with E-state index in [1.54, 1.807) is 23.9 Å². The molecule has 0 spiro atoms. The first-order valence-electron chi connectivity index (χ1n) is 7.62. The maximum absolute atomic E-state index is 11.5. The highest BCUT2D eigenvalue weighted by Crippen LogP contribution is 2.40. The molecular weight excluding hydrogens is 310 g/mol. The second kappa shape index (κ2) is 7.64. The van der Waals surface area contributed by atoms with E-state index in [4.69, 9.17) is 4.74 Å². The van der Waals surface area contributed by atoms with Gasteiger partial charge in [0, 0.05) is 18.0 Å². The number of ether oxygens (including phenoxy) is 1. The second-order valence-electron chi connectivity index (χ2n) is 5.36. The van der Waals surface area contributed by atoms with Gasteiger partial charge in [-0.2, -0.15) is 0 Å². The van der Waals surface area contributed by atoms with Crippen LogP contribution in [0.3, 0.4) is 0 Å². The maximum atomic E-state index is 11.5. The van der Waals surface area contributed by atoms with Crippen molar-refractivity contribution in [2.75, 3.05) is 19.7 Å². The molecule has 1 aliphatic rings. The maximum Gasteiger partial charge on any atom is 0.336 e. The highest BCUT2D eigenvalue weighted by molar-refractivity contribution is 7.99. The number of hydrogen-bond acceptors (Lipinski definition) is 4. The summed E-state index contributed by atoms with van der Waals surface area (Å²) < 4.78 is 5.94. The summed E-state index contributed by atoms with van der Waals surface area (Å²) in [6.07, 6.45) is 0.0120. The topological polar surface area (TPSA) is 58.6 Å². The number of nitrogens with one attached hydrogen (secondary N) is 1. The van der Waals surface area contributed by atoms with Gasteiger partial charge in [-0.15, -0.1) is 11.8 Å². The first-order valence-corrected chi connectivity index (χ1v) is 8.50. The lowest BCUT2D eigenvalue weighted by Crippen LogP contribution is -2.41. The number of benzene rings is 2. The van der Waals surface area contributed by atoms with Crippen LogP contribution in [0.1, 0.15) is 21.2 Å². The lowest BCUT2D eigenvalue weighted by molar-refractivity contribution is 0.0273. The van der Waals surface area contributed by atoms with Gasteiger partial charge in [-0.3, -0.25) is 0 Å². The molecule has 1 unspecified atom stereocenters. The number of hydrogen-bond donors (Lipinski definition) is 2. The number of morpholine rings is 1. The van der Waals surface area contributed by atoms with Crippen molar-refractivity contribution in [3.8, 4) is 0 Å². The van der Waals surface area contributed by atoms with Gasteiger partial charge in [0.1, 0.15) is 0 Å². The first kappa shape index (κ1) is 16.1. The SMILES string of the molecule is O=C(O)c1ccccc1S[C@@H](c1ccccc1)C1CNCCO1. The molecule has 2 aromatic rings. The van der Waals surface area contributed by atoms with Crippen molar-refractivity contribution in [2.45, 2.75) is 16.2 Å². The number of carboxylic acids is 1. The van der Waals surface area contributed by atoms with Gasteiger partial charge in [0.05, 0.1) is 23.5 Å². The minimum Gasteiger partial charge on any atom is -0.478 e. The third kappa shape index (κ3) is 3.93. The van der Waals surface area contributed by atoms with E-state index in [1.165, 1.54) is 0 Å². The fourth-order valence-corrected chi connectivity index (χ4v) is 4.00. The molecule has 2 atom stereocenters. The molecule has 2 N–H and O–H groups in total. The quantitative estimate of drug-likeness (QED) is 0.825. The smallest absolute Gasteiger partial charge is 0.336 e. The Morgan fingerprint density at radius 2 is 1.91 bits per heavy atom. The molecule has 23 heavy (non-hydrogen) atoms. The summed E-state index contributed by atoms with van der Waals surface area (Å²) in [6, 6.07) is 17.3. The van der Waals surface area contributed by atoms with Crippen molar-refractivity contribution in [3.63, 3.8) is 0 Å². The molecule has 1 fully saturated rings. The predicted octanol–water partition coefficient (Wildman–Crippen LogP) is 3.21. The van der Waals surface area contributed by atoms with Crippen LogP contribution in [0.4, 0.5) is 0 Å². The molecule has 4 nitrogen and oxygen atoms in total. The van der Waals surface area contributed by atoms with E-state index in [2.05, 4.69) is 17.4 Å². The van der Waals surface area contributed by atoms with Crippen molar-refractivity contribution in [2.24, 2.45) is 0 Å². The fraction of sp³-hybridized carbons (Fsp3) is 0.278. The Balaban J connectivity index is 1.91. The zero-order chi connectivity index (χ0) is 16.1. The average molecular weight is 329 g/mol. The molecule has 5 heteroatoms. The predicted molar refractivity (Wildman–Crippen MR) is 91.1 cm³/mol. The van der Waals surface area contributed by atoms with Gasteiger partial charge in [0.2, 0.25) is 0 Å². The van der Waals surface area contributed by atoms with Crippen LogP contribution in [0.5, 0.6) is 0 Å². The molecule has 0 aromatic heterocycles. The Labute approximate surface area is 139 Å². The van der Waals surface area contributed by atoms with Crippen LogP contribution in [-0.2, 0) is 4.74 Å². The number of aromatic carboxylic acids is 1. The van der Waals surface area contributed by atoms with E-state index in [9.17, 15) is 9.90 Å². The highest BCUT2D eigenvalue weighted by Gasteiger charge is 2.28. The van der Waals surface area contributed by atoms with Gasteiger partial charge in [-0.05, 0) is 17.7 Å². The minimum absolute atomic E-state index is 0.0120. The molecule has 2 aromatic carbocycles. The second-order valence-corrected chi connectivity index (χ2v) is 6.55. The molecule has 3 rings (SSSR count). The van der Waals surface area contributed by atoms with Crippen molar-refractivity contribution in [3.05, 3.63) is 65.7 Å². The first-order chi connectivity index (χ1) is 11.3. The van der Waals surface area contributed by atoms with Gasteiger partial charge in [-0.1, -0.05) is 42.5 Å². The molecule has 1 aliphatic heterocycles. The van der Waals surface area contributed by atoms with E-state index >= 15 is 0 Å². The van der Waals surface area contributed by atoms with Gasteiger partial charge >= 0.3 is 5.97 Å². The van der Waals surface area contributed by atoms with Gasteiger partial charge in [0.25, 0.3) is 0 Å². The normalized spacial score (nSPS) is 19.2. The average Bonchev–Trinajstić information content (AvgIpc) is 2.61. The van der Waals surface area contributed by atoms with Gasteiger partial charge in [0.15, 0.2) is 0 Å². The summed E-state index contributed by atoms with van der Waals surface area (Å²) in [6.45, 7) is 2.30. The van der Waals surface area contributed by atoms with Crippen LogP contribution < -0.4 is 5.32 Å².